The van der Waals surface area contributed by atoms with Gasteiger partial charge in [-0.1, -0.05) is 117 Å². The van der Waals surface area contributed by atoms with Gasteiger partial charge in [0.1, 0.15) is 6.04 Å². The fourth-order valence-corrected chi connectivity index (χ4v) is 3.64. The van der Waals surface area contributed by atoms with Crippen molar-refractivity contribution in [1.29, 1.82) is 0 Å². The number of amides is 3. The molecule has 1 atom stereocenters. The summed E-state index contributed by atoms with van der Waals surface area (Å²) in [6, 6.07) is -0.979. The maximum atomic E-state index is 10.4. The summed E-state index contributed by atoms with van der Waals surface area (Å²) < 4.78 is 0. The van der Waals surface area contributed by atoms with Crippen molar-refractivity contribution in [3.63, 3.8) is 0 Å². The Kier molecular flexibility index (Phi) is 42.4. The standard InChI is InChI=1S/2C12H25NO.C5H10N2O3.Na.H/c2*1-2-3-4-5-6-7-8-9-10-11-12(13)14;6-3(5(9)10)1-2-4(7)8;;/h2*2-11H2,1H3,(H2,13,14);3H,1-2,6H2,(H2,7,8)(H,9,10);;/t;;3-;;/m..0../s1. The number of rotatable bonds is 24. The van der Waals surface area contributed by atoms with Gasteiger partial charge in [0, 0.05) is 19.3 Å². The SMILES string of the molecule is CCCCCCCCCCCC(N)=O.CCCCCCCCCCCC(N)=O.NC(=O)CC[C@H](N)C(=O)O.[NaH]. The summed E-state index contributed by atoms with van der Waals surface area (Å²) in [4.78, 5) is 41.0. The minimum atomic E-state index is -1.11. The van der Waals surface area contributed by atoms with Crippen molar-refractivity contribution >= 4 is 53.2 Å². The van der Waals surface area contributed by atoms with E-state index in [0.29, 0.717) is 12.8 Å². The average Bonchev–Trinajstić information content (AvgIpc) is 2.85. The Morgan fingerprint density at radius 1 is 0.513 bits per heavy atom. The number of carbonyl (C=O) groups is 4. The van der Waals surface area contributed by atoms with Gasteiger partial charge in [-0.05, 0) is 19.3 Å². The molecule has 39 heavy (non-hydrogen) atoms. The van der Waals surface area contributed by atoms with Crippen molar-refractivity contribution in [2.75, 3.05) is 0 Å². The fraction of sp³-hybridized carbons (Fsp3) is 0.862. The first-order chi connectivity index (χ1) is 18.1. The quantitative estimate of drug-likeness (QED) is 0.0819. The fourth-order valence-electron chi connectivity index (χ4n) is 3.64. The van der Waals surface area contributed by atoms with Crippen LogP contribution in [-0.2, 0) is 19.2 Å². The molecule has 0 radical (unpaired) electrons. The number of carbonyl (C=O) groups excluding carboxylic acids is 3. The van der Waals surface area contributed by atoms with Crippen LogP contribution in [0.3, 0.4) is 0 Å². The van der Waals surface area contributed by atoms with Crippen LogP contribution in [0.25, 0.3) is 0 Å². The number of hydrogen-bond donors (Lipinski definition) is 5. The first kappa shape index (κ1) is 44.8. The van der Waals surface area contributed by atoms with Crippen molar-refractivity contribution in [1.82, 2.24) is 0 Å². The summed E-state index contributed by atoms with van der Waals surface area (Å²) in [5.41, 5.74) is 19.9. The van der Waals surface area contributed by atoms with E-state index in [2.05, 4.69) is 13.8 Å². The van der Waals surface area contributed by atoms with Crippen LogP contribution in [0, 0.1) is 0 Å². The van der Waals surface area contributed by atoms with Crippen LogP contribution < -0.4 is 22.9 Å². The monoisotopic (exact) mass is 568 g/mol. The predicted molar refractivity (Wildman–Crippen MR) is 163 cm³/mol. The van der Waals surface area contributed by atoms with Crippen LogP contribution in [0.2, 0.25) is 0 Å². The van der Waals surface area contributed by atoms with E-state index in [0.717, 1.165) is 25.7 Å². The van der Waals surface area contributed by atoms with Crippen LogP contribution in [-0.4, -0.2) is 64.4 Å². The van der Waals surface area contributed by atoms with E-state index in [9.17, 15) is 19.2 Å². The Morgan fingerprint density at radius 2 is 0.769 bits per heavy atom. The third-order valence-electron chi connectivity index (χ3n) is 6.07. The van der Waals surface area contributed by atoms with E-state index in [1.165, 1.54) is 89.9 Å². The van der Waals surface area contributed by atoms with E-state index in [-0.39, 0.29) is 54.2 Å². The minimum absolute atomic E-state index is 0. The second-order valence-corrected chi connectivity index (χ2v) is 10.0. The van der Waals surface area contributed by atoms with Crippen molar-refractivity contribution in [2.24, 2.45) is 22.9 Å². The summed E-state index contributed by atoms with van der Waals surface area (Å²) >= 11 is 0. The molecule has 0 bridgehead atoms. The molecule has 0 aliphatic carbocycles. The van der Waals surface area contributed by atoms with Crippen LogP contribution in [0.5, 0.6) is 0 Å². The molecule has 9 N–H and O–H groups in total. The maximum absolute atomic E-state index is 10.4. The predicted octanol–water partition coefficient (Wildman–Crippen LogP) is 4.80. The van der Waals surface area contributed by atoms with Crippen molar-refractivity contribution in [3.05, 3.63) is 0 Å². The molecule has 0 rings (SSSR count). The molecule has 0 aromatic heterocycles. The van der Waals surface area contributed by atoms with Gasteiger partial charge in [0.15, 0.2) is 0 Å². The third kappa shape index (κ3) is 50.2. The molecular weight excluding hydrogens is 507 g/mol. The number of aliphatic carboxylic acids is 1. The summed E-state index contributed by atoms with van der Waals surface area (Å²) in [7, 11) is 0. The van der Waals surface area contributed by atoms with Gasteiger partial charge in [-0.25, -0.2) is 0 Å². The molecule has 0 aromatic rings. The number of unbranched alkanes of at least 4 members (excludes halogenated alkanes) is 16. The van der Waals surface area contributed by atoms with Crippen molar-refractivity contribution in [3.8, 4) is 0 Å². The third-order valence-corrected chi connectivity index (χ3v) is 6.07. The zero-order chi connectivity index (χ0) is 29.4. The Hall–Kier alpha value is -1.16. The molecule has 0 aliphatic rings. The number of primary amides is 3. The molecule has 0 spiro atoms. The summed E-state index contributed by atoms with van der Waals surface area (Å²) in [6.07, 6.45) is 24.3. The van der Waals surface area contributed by atoms with Crippen LogP contribution in [0.1, 0.15) is 155 Å². The summed E-state index contributed by atoms with van der Waals surface area (Å²) in [5.74, 6) is -1.96. The van der Waals surface area contributed by atoms with E-state index in [4.69, 9.17) is 28.0 Å². The van der Waals surface area contributed by atoms with Crippen molar-refractivity contribution < 1.29 is 24.3 Å². The second kappa shape index (κ2) is 36.8. The van der Waals surface area contributed by atoms with E-state index in [1.807, 2.05) is 0 Å². The normalized spacial score (nSPS) is 10.6. The Morgan fingerprint density at radius 3 is 1.00 bits per heavy atom. The van der Waals surface area contributed by atoms with Gasteiger partial charge in [-0.3, -0.25) is 19.2 Å². The van der Waals surface area contributed by atoms with Gasteiger partial charge in [0.25, 0.3) is 0 Å². The molecule has 0 heterocycles. The summed E-state index contributed by atoms with van der Waals surface area (Å²) in [6.45, 7) is 4.48. The molecule has 0 aromatic carbocycles. The van der Waals surface area contributed by atoms with Gasteiger partial charge in [0.2, 0.25) is 17.7 Å². The zero-order valence-corrected chi connectivity index (χ0v) is 24.5. The molecule has 0 unspecified atom stereocenters. The zero-order valence-electron chi connectivity index (χ0n) is 24.5. The number of nitrogens with two attached hydrogens (primary N) is 4. The summed E-state index contributed by atoms with van der Waals surface area (Å²) in [5, 5.41) is 8.22. The van der Waals surface area contributed by atoms with Crippen LogP contribution >= 0.6 is 0 Å². The van der Waals surface area contributed by atoms with Gasteiger partial charge in [0.05, 0.1) is 0 Å². The second-order valence-electron chi connectivity index (χ2n) is 10.0. The van der Waals surface area contributed by atoms with E-state index >= 15 is 0 Å². The molecule has 0 saturated heterocycles. The molecule has 228 valence electrons. The Labute approximate surface area is 260 Å². The van der Waals surface area contributed by atoms with E-state index in [1.54, 1.807) is 0 Å². The number of hydrogen-bond acceptors (Lipinski definition) is 5. The van der Waals surface area contributed by atoms with Gasteiger partial charge >= 0.3 is 35.5 Å². The molecule has 3 amide bonds. The molecule has 0 aliphatic heterocycles. The topological polar surface area (TPSA) is 193 Å². The molecule has 10 heteroatoms. The van der Waals surface area contributed by atoms with Gasteiger partial charge < -0.3 is 28.0 Å². The number of carboxylic acid groups (broad SMARTS) is 1. The van der Waals surface area contributed by atoms with Gasteiger partial charge in [-0.2, -0.15) is 0 Å². The Bertz CT molecular complexity index is 548. The first-order valence-electron chi connectivity index (χ1n) is 14.9. The first-order valence-corrected chi connectivity index (χ1v) is 14.9. The molecule has 0 saturated carbocycles. The molecule has 9 nitrogen and oxygen atoms in total. The average molecular weight is 569 g/mol. The molecule has 0 fully saturated rings. The molecular formula is C29H61N4NaO5. The van der Waals surface area contributed by atoms with Crippen LogP contribution in [0.4, 0.5) is 0 Å². The number of carboxylic acids is 1. The van der Waals surface area contributed by atoms with E-state index < -0.39 is 17.9 Å². The van der Waals surface area contributed by atoms with Gasteiger partial charge in [-0.15, -0.1) is 0 Å². The van der Waals surface area contributed by atoms with Crippen molar-refractivity contribution in [2.45, 2.75) is 161 Å². The van der Waals surface area contributed by atoms with Crippen LogP contribution in [0.15, 0.2) is 0 Å². The Balaban J connectivity index is -0.000000236.